The first-order valence-corrected chi connectivity index (χ1v) is 5.21. The minimum Gasteiger partial charge on any atom is -0.292 e. The summed E-state index contributed by atoms with van der Waals surface area (Å²) in [4.78, 5) is 16.0. The minimum atomic E-state index is -0.751. The number of Topliss-reactive ketones (excluding diaryl/α,β-unsaturated/α-hetero) is 1. The van der Waals surface area contributed by atoms with Crippen LogP contribution in [0, 0.1) is 11.3 Å². The number of pyridine rings is 1. The molecule has 0 bridgehead atoms. The SMILES string of the molecule is N#CC(C(=O)c1ccncc1)c1ccccc1. The molecule has 1 atom stereocenters. The molecule has 17 heavy (non-hydrogen) atoms. The molecule has 1 unspecified atom stereocenters. The Balaban J connectivity index is 2.33. The summed E-state index contributed by atoms with van der Waals surface area (Å²) in [5.74, 6) is -0.945. The monoisotopic (exact) mass is 222 g/mol. The molecule has 0 N–H and O–H groups in total. The largest absolute Gasteiger partial charge is 0.292 e. The summed E-state index contributed by atoms with van der Waals surface area (Å²) in [5, 5.41) is 9.12. The lowest BCUT2D eigenvalue weighted by atomic mass is 9.92. The van der Waals surface area contributed by atoms with Crippen LogP contribution in [0.4, 0.5) is 0 Å². The highest BCUT2D eigenvalue weighted by Crippen LogP contribution is 2.19. The van der Waals surface area contributed by atoms with Gasteiger partial charge in [-0.15, -0.1) is 0 Å². The molecule has 0 saturated carbocycles. The standard InChI is InChI=1S/C14H10N2O/c15-10-13(11-4-2-1-3-5-11)14(17)12-6-8-16-9-7-12/h1-9,13H. The number of rotatable bonds is 3. The van der Waals surface area contributed by atoms with E-state index in [-0.39, 0.29) is 5.78 Å². The predicted octanol–water partition coefficient (Wildman–Crippen LogP) is 2.57. The minimum absolute atomic E-state index is 0.193. The summed E-state index contributed by atoms with van der Waals surface area (Å²) in [5.41, 5.74) is 1.23. The second-order valence-electron chi connectivity index (χ2n) is 3.57. The molecule has 3 heteroatoms. The van der Waals surface area contributed by atoms with E-state index in [1.165, 1.54) is 0 Å². The molecule has 0 spiro atoms. The van der Waals surface area contributed by atoms with E-state index in [9.17, 15) is 4.79 Å². The van der Waals surface area contributed by atoms with E-state index in [2.05, 4.69) is 4.98 Å². The molecule has 1 heterocycles. The highest BCUT2D eigenvalue weighted by molar-refractivity contribution is 6.02. The molecule has 2 aromatic rings. The number of carbonyl (C=O) groups is 1. The van der Waals surface area contributed by atoms with Crippen LogP contribution in [-0.4, -0.2) is 10.8 Å². The van der Waals surface area contributed by atoms with Crippen molar-refractivity contribution >= 4 is 5.78 Å². The number of hydrogen-bond donors (Lipinski definition) is 0. The van der Waals surface area contributed by atoms with E-state index in [4.69, 9.17) is 5.26 Å². The molecule has 0 radical (unpaired) electrons. The molecule has 1 aromatic heterocycles. The number of benzene rings is 1. The summed E-state index contributed by atoms with van der Waals surface area (Å²) < 4.78 is 0. The topological polar surface area (TPSA) is 53.8 Å². The second-order valence-corrected chi connectivity index (χ2v) is 3.57. The lowest BCUT2D eigenvalue weighted by molar-refractivity contribution is 0.0979. The van der Waals surface area contributed by atoms with Gasteiger partial charge < -0.3 is 0 Å². The maximum Gasteiger partial charge on any atom is 0.184 e. The van der Waals surface area contributed by atoms with E-state index in [1.807, 2.05) is 24.3 Å². The van der Waals surface area contributed by atoms with Gasteiger partial charge in [-0.25, -0.2) is 0 Å². The van der Waals surface area contributed by atoms with Crippen LogP contribution in [0.5, 0.6) is 0 Å². The van der Waals surface area contributed by atoms with Crippen molar-refractivity contribution < 1.29 is 4.79 Å². The van der Waals surface area contributed by atoms with Crippen molar-refractivity contribution in [3.05, 3.63) is 66.0 Å². The highest BCUT2D eigenvalue weighted by Gasteiger charge is 2.21. The van der Waals surface area contributed by atoms with Gasteiger partial charge in [-0.05, 0) is 17.7 Å². The van der Waals surface area contributed by atoms with Gasteiger partial charge in [0.1, 0.15) is 5.92 Å². The van der Waals surface area contributed by atoms with Gasteiger partial charge in [0.15, 0.2) is 5.78 Å². The maximum atomic E-state index is 12.1. The summed E-state index contributed by atoms with van der Waals surface area (Å²) in [6, 6.07) is 14.4. The van der Waals surface area contributed by atoms with Crippen molar-refractivity contribution in [3.8, 4) is 6.07 Å². The van der Waals surface area contributed by atoms with E-state index in [1.54, 1.807) is 36.7 Å². The molecule has 0 saturated heterocycles. The molecular weight excluding hydrogens is 212 g/mol. The average Bonchev–Trinajstić information content (AvgIpc) is 2.42. The first-order valence-electron chi connectivity index (χ1n) is 5.21. The van der Waals surface area contributed by atoms with E-state index in [0.29, 0.717) is 5.56 Å². The second kappa shape index (κ2) is 5.04. The smallest absolute Gasteiger partial charge is 0.184 e. The number of aromatic nitrogens is 1. The van der Waals surface area contributed by atoms with Gasteiger partial charge in [0.25, 0.3) is 0 Å². The van der Waals surface area contributed by atoms with Crippen LogP contribution < -0.4 is 0 Å². The van der Waals surface area contributed by atoms with Crippen molar-refractivity contribution in [2.24, 2.45) is 0 Å². The lowest BCUT2D eigenvalue weighted by Gasteiger charge is -2.07. The first kappa shape index (κ1) is 11.0. The van der Waals surface area contributed by atoms with Crippen LogP contribution in [0.15, 0.2) is 54.9 Å². The molecule has 0 aliphatic carbocycles. The van der Waals surface area contributed by atoms with Gasteiger partial charge in [0.2, 0.25) is 0 Å². The molecule has 0 fully saturated rings. The fourth-order valence-corrected chi connectivity index (χ4v) is 1.61. The Morgan fingerprint density at radius 1 is 1.12 bits per heavy atom. The third-order valence-corrected chi connectivity index (χ3v) is 2.49. The zero-order valence-electron chi connectivity index (χ0n) is 9.08. The molecule has 0 amide bonds. The van der Waals surface area contributed by atoms with Crippen molar-refractivity contribution in [2.45, 2.75) is 5.92 Å². The number of ketones is 1. The third kappa shape index (κ3) is 2.37. The first-order chi connectivity index (χ1) is 8.33. The van der Waals surface area contributed by atoms with E-state index >= 15 is 0 Å². The Kier molecular flexibility index (Phi) is 3.27. The van der Waals surface area contributed by atoms with Gasteiger partial charge in [-0.3, -0.25) is 9.78 Å². The van der Waals surface area contributed by atoms with Crippen LogP contribution in [0.3, 0.4) is 0 Å². The van der Waals surface area contributed by atoms with Crippen LogP contribution in [-0.2, 0) is 0 Å². The Bertz CT molecular complexity index is 543. The van der Waals surface area contributed by atoms with Gasteiger partial charge in [-0.2, -0.15) is 5.26 Å². The summed E-state index contributed by atoms with van der Waals surface area (Å²) in [7, 11) is 0. The molecular formula is C14H10N2O. The van der Waals surface area contributed by atoms with Crippen molar-refractivity contribution in [2.75, 3.05) is 0 Å². The summed E-state index contributed by atoms with van der Waals surface area (Å²) >= 11 is 0. The molecule has 2 rings (SSSR count). The fourth-order valence-electron chi connectivity index (χ4n) is 1.61. The van der Waals surface area contributed by atoms with Crippen LogP contribution in [0.25, 0.3) is 0 Å². The molecule has 0 aliphatic heterocycles. The highest BCUT2D eigenvalue weighted by atomic mass is 16.1. The Morgan fingerprint density at radius 3 is 2.35 bits per heavy atom. The number of nitriles is 1. The van der Waals surface area contributed by atoms with Gasteiger partial charge >= 0.3 is 0 Å². The van der Waals surface area contributed by atoms with Crippen molar-refractivity contribution in [1.82, 2.24) is 4.98 Å². The van der Waals surface area contributed by atoms with Crippen LogP contribution in [0.2, 0.25) is 0 Å². The molecule has 0 aliphatic rings. The molecule has 3 nitrogen and oxygen atoms in total. The zero-order valence-corrected chi connectivity index (χ0v) is 9.08. The Labute approximate surface area is 99.4 Å². The summed E-state index contributed by atoms with van der Waals surface area (Å²) in [6.07, 6.45) is 3.10. The van der Waals surface area contributed by atoms with Crippen molar-refractivity contribution in [3.63, 3.8) is 0 Å². The number of hydrogen-bond acceptors (Lipinski definition) is 3. The molecule has 1 aromatic carbocycles. The Hall–Kier alpha value is -2.47. The van der Waals surface area contributed by atoms with Gasteiger partial charge in [0, 0.05) is 18.0 Å². The number of nitrogens with zero attached hydrogens (tertiary/aromatic N) is 2. The quantitative estimate of drug-likeness (QED) is 0.750. The Morgan fingerprint density at radius 2 is 1.76 bits per heavy atom. The van der Waals surface area contributed by atoms with Crippen molar-refractivity contribution in [1.29, 1.82) is 5.26 Å². The zero-order chi connectivity index (χ0) is 12.1. The average molecular weight is 222 g/mol. The maximum absolute atomic E-state index is 12.1. The van der Waals surface area contributed by atoms with E-state index in [0.717, 1.165) is 5.56 Å². The normalized spacial score (nSPS) is 11.5. The fraction of sp³-hybridized carbons (Fsp3) is 0.0714. The van der Waals surface area contributed by atoms with E-state index < -0.39 is 5.92 Å². The van der Waals surface area contributed by atoms with Crippen LogP contribution >= 0.6 is 0 Å². The lowest BCUT2D eigenvalue weighted by Crippen LogP contribution is -2.11. The third-order valence-electron chi connectivity index (χ3n) is 2.49. The number of carbonyl (C=O) groups excluding carboxylic acids is 1. The van der Waals surface area contributed by atoms with Gasteiger partial charge in [0.05, 0.1) is 6.07 Å². The molecule has 82 valence electrons. The summed E-state index contributed by atoms with van der Waals surface area (Å²) in [6.45, 7) is 0. The van der Waals surface area contributed by atoms with Gasteiger partial charge in [-0.1, -0.05) is 30.3 Å². The van der Waals surface area contributed by atoms with Crippen LogP contribution in [0.1, 0.15) is 21.8 Å². The predicted molar refractivity (Wildman–Crippen MR) is 63.4 cm³/mol.